The van der Waals surface area contributed by atoms with Gasteiger partial charge in [-0.1, -0.05) is 331 Å². The Morgan fingerprint density at radius 3 is 0.793 bits per heavy atom. The van der Waals surface area contributed by atoms with Crippen LogP contribution in [-0.2, 0) is 23.9 Å². The molecule has 0 atom stereocenters. The molecule has 0 bridgehead atoms. The fourth-order valence-electron chi connectivity index (χ4n) is 12.3. The summed E-state index contributed by atoms with van der Waals surface area (Å²) in [5.41, 5.74) is 0.684. The van der Waals surface area contributed by atoms with Crippen molar-refractivity contribution >= 4 is 35.6 Å². The van der Waals surface area contributed by atoms with Crippen molar-refractivity contribution in [1.29, 1.82) is 0 Å². The molecule has 0 aliphatic rings. The molecule has 4 aromatic carbocycles. The molecule has 0 saturated carbocycles. The van der Waals surface area contributed by atoms with E-state index in [2.05, 4.69) is 287 Å². The highest BCUT2D eigenvalue weighted by atomic mass is 19.1. The number of hydrogen-bond acceptors (Lipinski definition) is 9. The first kappa shape index (κ1) is 116. The van der Waals surface area contributed by atoms with Gasteiger partial charge < -0.3 is 30.2 Å². The van der Waals surface area contributed by atoms with Crippen molar-refractivity contribution in [2.45, 2.75) is 240 Å². The van der Waals surface area contributed by atoms with Crippen LogP contribution in [0.3, 0.4) is 0 Å². The van der Waals surface area contributed by atoms with Crippen LogP contribution in [0, 0.1) is 23.3 Å². The van der Waals surface area contributed by atoms with Crippen molar-refractivity contribution in [1.82, 2.24) is 16.0 Å². The largest absolute Gasteiger partial charge is 0.462 e. The Morgan fingerprint density at radius 2 is 0.511 bits per heavy atom. The molecule has 4 aromatic rings. The van der Waals surface area contributed by atoms with Crippen molar-refractivity contribution in [2.24, 2.45) is 0 Å². The van der Waals surface area contributed by atoms with Crippen LogP contribution < -0.4 is 25.4 Å². The van der Waals surface area contributed by atoms with Crippen LogP contribution in [0.2, 0.25) is 0 Å². The Kier molecular flexibility index (Phi) is 72.6. The van der Waals surface area contributed by atoms with Gasteiger partial charge in [0.25, 0.3) is 5.91 Å². The standard InChI is InChI=1S/C60H75F2NO5.C59H74F2N2O4/c1-3-5-7-9-11-13-15-17-19-21-23-25-27-29-31-33-35-37-39-42-58(64)63-48-41-49-67-60(66)55-50-52(54-46-45-53(61)51-56(54)62)44-47-57(55)68-59(65)43-40-38-36-34-32-30-28-26-24-22-20-18-16-14-12-10-8-6-4-2;1-3-5-7-9-11-13-15-17-19-21-23-25-27-29-31-33-35-37-39-41-57(64)62-47-48-63-59(66)54-49-51(53-45-44-52(60)50-55(53)61)43-46-56(54)67-58(65)42-40-38-36-34-32-30-28-26-24-22-20-18-16-14-12-10-8-6-4-2/h5-8,11-14,17-20,23-26,29-32,35-38,44-47,50-51H,3-4,9-10,15-16,21-22,27-28,33-34,39-43,48-49H2,1-2H3,(H,63,64);5-8,11-14,17-20,23-26,29-32,35-38,43-46,49-50H,3-4,9-10,15-16,21-22,27-28,33-34,39-42,47-48H2,1-2H3,(H,62,64)(H,63,66)/b2*7-5-,8-6-,13-11-,14-12-,19-17-,20-18-,25-23-,26-24-,31-29-,32-30-,37-35-,38-36-. The lowest BCUT2D eigenvalue weighted by molar-refractivity contribution is -0.135. The molecule has 0 saturated heterocycles. The molecule has 0 aromatic heterocycles. The molecule has 16 heteroatoms. The zero-order valence-corrected chi connectivity index (χ0v) is 80.5. The van der Waals surface area contributed by atoms with E-state index in [9.17, 15) is 46.3 Å². The third-order valence-electron chi connectivity index (χ3n) is 19.5. The SMILES string of the molecule is CC/C=C\C/C=C\C/C=C\C/C=C\C/C=C\C/C=C\CCC(=O)NCCCOC(=O)c1cc(-c2ccc(F)cc2F)ccc1OC(=O)CC/C=C\C/C=C\C/C=C\C/C=C\C/C=C\C/C=C\CC.CC/C=C\C/C=C\C/C=C\C/C=C\C/C=C\C/C=C\CCC(=O)NCCNC(=O)c1cc(-c2ccc(F)cc2F)ccc1OC(=O)CC/C=C\C/C=C\C/C=C\C/C=C\C/C=C\C/C=C\CC. The van der Waals surface area contributed by atoms with Gasteiger partial charge in [-0.05, 0) is 246 Å². The van der Waals surface area contributed by atoms with Gasteiger partial charge >= 0.3 is 17.9 Å². The summed E-state index contributed by atoms with van der Waals surface area (Å²) in [6.45, 7) is 9.11. The second-order valence-corrected chi connectivity index (χ2v) is 30.9. The number of rotatable bonds is 69. The molecule has 0 aliphatic carbocycles. The van der Waals surface area contributed by atoms with Gasteiger partial charge in [0.05, 0.1) is 12.2 Å². The van der Waals surface area contributed by atoms with Crippen LogP contribution >= 0.6 is 0 Å². The summed E-state index contributed by atoms with van der Waals surface area (Å²) >= 11 is 0. The van der Waals surface area contributed by atoms with Gasteiger partial charge in [0.15, 0.2) is 0 Å². The van der Waals surface area contributed by atoms with E-state index in [1.165, 1.54) is 48.5 Å². The Morgan fingerprint density at radius 1 is 0.267 bits per heavy atom. The van der Waals surface area contributed by atoms with E-state index in [1.54, 1.807) is 0 Å². The second-order valence-electron chi connectivity index (χ2n) is 30.9. The highest BCUT2D eigenvalue weighted by Crippen LogP contribution is 2.32. The smallest absolute Gasteiger partial charge is 0.341 e. The van der Waals surface area contributed by atoms with Gasteiger partial charge in [-0.3, -0.25) is 24.0 Å². The van der Waals surface area contributed by atoms with Crippen LogP contribution in [0.4, 0.5) is 17.6 Å². The molecule has 135 heavy (non-hydrogen) atoms. The molecular formula is C119H149F4N3O9. The van der Waals surface area contributed by atoms with Gasteiger partial charge in [0.1, 0.15) is 40.3 Å². The van der Waals surface area contributed by atoms with Crippen molar-refractivity contribution in [3.63, 3.8) is 0 Å². The number of amides is 3. The number of nitrogens with one attached hydrogen (secondary N) is 3. The molecule has 0 fully saturated rings. The van der Waals surface area contributed by atoms with Crippen LogP contribution in [0.15, 0.2) is 364 Å². The molecule has 722 valence electrons. The summed E-state index contributed by atoms with van der Waals surface area (Å²) in [5, 5.41) is 8.39. The second kappa shape index (κ2) is 84.2. The van der Waals surface area contributed by atoms with Crippen LogP contribution in [0.25, 0.3) is 22.3 Å². The third-order valence-corrected chi connectivity index (χ3v) is 19.5. The summed E-state index contributed by atoms with van der Waals surface area (Å²) < 4.78 is 73.4. The third kappa shape index (κ3) is 65.4. The maximum absolute atomic E-state index is 14.7. The molecule has 3 N–H and O–H groups in total. The van der Waals surface area contributed by atoms with Gasteiger partial charge in [-0.25, -0.2) is 22.4 Å². The number of hydrogen-bond donors (Lipinski definition) is 3. The summed E-state index contributed by atoms with van der Waals surface area (Å²) in [5.74, 6) is -5.77. The number of ether oxygens (including phenoxy) is 3. The Bertz CT molecular complexity index is 4800. The molecule has 0 heterocycles. The lowest BCUT2D eigenvalue weighted by Crippen LogP contribution is -2.34. The van der Waals surface area contributed by atoms with Crippen LogP contribution in [0.1, 0.15) is 260 Å². The predicted octanol–water partition coefficient (Wildman–Crippen LogP) is 31.5. The normalized spacial score (nSPS) is 12.7. The molecule has 3 amide bonds. The minimum absolute atomic E-state index is 0.00693. The van der Waals surface area contributed by atoms with Crippen molar-refractivity contribution in [2.75, 3.05) is 26.2 Å². The van der Waals surface area contributed by atoms with Crippen molar-refractivity contribution in [3.8, 4) is 33.8 Å². The first-order valence-electron chi connectivity index (χ1n) is 48.4. The number of esters is 3. The highest BCUT2D eigenvalue weighted by molar-refractivity contribution is 5.99. The molecule has 0 spiro atoms. The first-order chi connectivity index (χ1) is 66.2. The fraction of sp³-hybridized carbons (Fsp3) is 0.345. The average Bonchev–Trinajstić information content (AvgIpc) is 0.811. The maximum Gasteiger partial charge on any atom is 0.341 e. The summed E-state index contributed by atoms with van der Waals surface area (Å²) in [6, 6.07) is 15.0. The van der Waals surface area contributed by atoms with E-state index in [-0.39, 0.29) is 83.7 Å². The quantitative estimate of drug-likeness (QED) is 0.0128. The van der Waals surface area contributed by atoms with E-state index >= 15 is 0 Å². The summed E-state index contributed by atoms with van der Waals surface area (Å²) in [6.07, 6.45) is 128. The number of allylic oxidation sites excluding steroid dienone is 48. The Labute approximate surface area is 805 Å². The number of carbonyl (C=O) groups excluding carboxylic acids is 6. The molecular weight excluding hydrogens is 1690 g/mol. The highest BCUT2D eigenvalue weighted by Gasteiger charge is 2.22. The predicted molar refractivity (Wildman–Crippen MR) is 558 cm³/mol. The monoisotopic (exact) mass is 1840 g/mol. The molecule has 0 aliphatic heterocycles. The molecule has 0 radical (unpaired) electrons. The topological polar surface area (TPSA) is 166 Å². The molecule has 12 nitrogen and oxygen atoms in total. The Hall–Kier alpha value is -12.8. The van der Waals surface area contributed by atoms with Crippen LogP contribution in [0.5, 0.6) is 11.5 Å². The Balaban J connectivity index is 0.000000695. The van der Waals surface area contributed by atoms with E-state index in [0.29, 0.717) is 57.1 Å². The van der Waals surface area contributed by atoms with E-state index in [4.69, 9.17) is 14.2 Å². The number of benzene rings is 4. The van der Waals surface area contributed by atoms with E-state index < -0.39 is 47.1 Å². The van der Waals surface area contributed by atoms with E-state index in [1.807, 2.05) is 48.6 Å². The minimum atomic E-state index is -0.804. The summed E-state index contributed by atoms with van der Waals surface area (Å²) in [4.78, 5) is 77.1. The molecule has 0 unspecified atom stereocenters. The van der Waals surface area contributed by atoms with Gasteiger partial charge in [-0.2, -0.15) is 0 Å². The maximum atomic E-state index is 14.7. The number of carbonyl (C=O) groups is 6. The zero-order chi connectivity index (χ0) is 97.2. The minimum Gasteiger partial charge on any atom is -0.462 e. The zero-order valence-electron chi connectivity index (χ0n) is 80.5. The van der Waals surface area contributed by atoms with Gasteiger partial charge in [0, 0.05) is 68.6 Å². The average molecular weight is 1840 g/mol. The number of halogens is 4. The fourth-order valence-corrected chi connectivity index (χ4v) is 12.3. The van der Waals surface area contributed by atoms with Crippen LogP contribution in [-0.4, -0.2) is 61.9 Å². The molecule has 4 rings (SSSR count). The summed E-state index contributed by atoms with van der Waals surface area (Å²) in [7, 11) is 0. The van der Waals surface area contributed by atoms with Gasteiger partial charge in [-0.15, -0.1) is 0 Å². The van der Waals surface area contributed by atoms with E-state index in [0.717, 1.165) is 178 Å². The lowest BCUT2D eigenvalue weighted by atomic mass is 10.0. The van der Waals surface area contributed by atoms with Crippen molar-refractivity contribution in [3.05, 3.63) is 399 Å². The van der Waals surface area contributed by atoms with Gasteiger partial charge in [0.2, 0.25) is 11.8 Å². The first-order valence-corrected chi connectivity index (χ1v) is 48.4. The van der Waals surface area contributed by atoms with Crippen molar-refractivity contribution < 1.29 is 60.5 Å². The lowest BCUT2D eigenvalue weighted by Gasteiger charge is -2.13.